The molecule has 148 valence electrons. The van der Waals surface area contributed by atoms with Gasteiger partial charge in [0.25, 0.3) is 5.91 Å². The summed E-state index contributed by atoms with van der Waals surface area (Å²) in [5.74, 6) is -0.909. The maximum Gasteiger partial charge on any atom is 0.390 e. The van der Waals surface area contributed by atoms with Crippen molar-refractivity contribution in [3.8, 4) is 0 Å². The lowest BCUT2D eigenvalue weighted by Crippen LogP contribution is -2.30. The van der Waals surface area contributed by atoms with Gasteiger partial charge in [0.15, 0.2) is 5.13 Å². The fraction of sp³-hybridized carbons (Fsp3) is 0.375. The molecular weight excluding hydrogens is 403 g/mol. The molecule has 0 aliphatic carbocycles. The number of hydrogen-bond acceptors (Lipinski definition) is 6. The molecule has 1 N–H and O–H groups in total. The number of aryl methyl sites for hydroxylation is 1. The number of amides is 1. The molecule has 0 bridgehead atoms. The quantitative estimate of drug-likeness (QED) is 0.743. The van der Waals surface area contributed by atoms with E-state index in [1.54, 1.807) is 37.3 Å². The first-order chi connectivity index (χ1) is 12.4. The molecule has 6 nitrogen and oxygen atoms in total. The van der Waals surface area contributed by atoms with Crippen LogP contribution in [0.2, 0.25) is 0 Å². The fourth-order valence-electron chi connectivity index (χ4n) is 2.25. The van der Waals surface area contributed by atoms with Crippen molar-refractivity contribution < 1.29 is 26.4 Å². The van der Waals surface area contributed by atoms with Gasteiger partial charge in [0.1, 0.15) is 5.69 Å². The Morgan fingerprint density at radius 3 is 2.44 bits per heavy atom. The molecule has 2 rings (SSSR count). The normalized spacial score (nSPS) is 12.0. The monoisotopic (exact) mass is 421 g/mol. The second kappa shape index (κ2) is 8.26. The van der Waals surface area contributed by atoms with Gasteiger partial charge >= 0.3 is 6.18 Å². The zero-order chi connectivity index (χ0) is 20.2. The van der Waals surface area contributed by atoms with Crippen molar-refractivity contribution in [1.82, 2.24) is 9.71 Å². The molecule has 0 spiro atoms. The number of carbonyl (C=O) groups excluding carboxylic acids is 1. The van der Waals surface area contributed by atoms with E-state index < -0.39 is 28.5 Å². The average Bonchev–Trinajstić information content (AvgIpc) is 2.92. The Labute approximate surface area is 159 Å². The van der Waals surface area contributed by atoms with Crippen molar-refractivity contribution in [2.75, 3.05) is 17.7 Å². The summed E-state index contributed by atoms with van der Waals surface area (Å²) < 4.78 is 62.4. The molecule has 0 saturated heterocycles. The minimum Gasteiger partial charge on any atom is -0.343 e. The third-order valence-electron chi connectivity index (χ3n) is 3.43. The lowest BCUT2D eigenvalue weighted by Gasteiger charge is -2.22. The van der Waals surface area contributed by atoms with Crippen LogP contribution in [0.3, 0.4) is 0 Å². The van der Waals surface area contributed by atoms with Crippen LogP contribution in [0.5, 0.6) is 0 Å². The van der Waals surface area contributed by atoms with Crippen molar-refractivity contribution in [1.29, 1.82) is 0 Å². The molecule has 1 aromatic heterocycles. The minimum atomic E-state index is -4.34. The molecule has 1 amide bonds. The smallest absolute Gasteiger partial charge is 0.343 e. The molecule has 0 aliphatic rings. The van der Waals surface area contributed by atoms with Crippen LogP contribution in [-0.2, 0) is 16.6 Å². The number of nitrogens with zero attached hydrogens (tertiary/aromatic N) is 2. The van der Waals surface area contributed by atoms with Crippen LogP contribution in [0.25, 0.3) is 0 Å². The predicted molar refractivity (Wildman–Crippen MR) is 97.3 cm³/mol. The maximum absolute atomic E-state index is 12.7. The molecule has 27 heavy (non-hydrogen) atoms. The molecule has 1 heterocycles. The van der Waals surface area contributed by atoms with Crippen molar-refractivity contribution in [2.45, 2.75) is 26.1 Å². The largest absolute Gasteiger partial charge is 0.390 e. The Hall–Kier alpha value is -2.14. The Bertz CT molecular complexity index is 897. The average molecular weight is 421 g/mol. The number of anilines is 1. The van der Waals surface area contributed by atoms with Gasteiger partial charge in [0, 0.05) is 18.0 Å². The van der Waals surface area contributed by atoms with E-state index in [-0.39, 0.29) is 23.9 Å². The third-order valence-corrected chi connectivity index (χ3v) is 5.02. The number of halogens is 3. The first kappa shape index (κ1) is 21.2. The van der Waals surface area contributed by atoms with E-state index in [9.17, 15) is 26.4 Å². The van der Waals surface area contributed by atoms with Crippen LogP contribution in [0, 0.1) is 6.92 Å². The Kier molecular flexibility index (Phi) is 6.47. The molecule has 0 fully saturated rings. The summed E-state index contributed by atoms with van der Waals surface area (Å²) in [7, 11) is -3.77. The van der Waals surface area contributed by atoms with Crippen LogP contribution >= 0.6 is 11.3 Å². The lowest BCUT2D eigenvalue weighted by molar-refractivity contribution is -0.132. The SMILES string of the molecule is Cc1sc(N(CCC(F)(F)F)Cc2ccccc2)nc1C(=O)NS(C)(=O)=O. The third kappa shape index (κ3) is 6.83. The Morgan fingerprint density at radius 1 is 1.26 bits per heavy atom. The van der Waals surface area contributed by atoms with E-state index >= 15 is 0 Å². The van der Waals surface area contributed by atoms with Crippen molar-refractivity contribution in [2.24, 2.45) is 0 Å². The highest BCUT2D eigenvalue weighted by Gasteiger charge is 2.29. The zero-order valence-corrected chi connectivity index (χ0v) is 16.2. The summed E-state index contributed by atoms with van der Waals surface area (Å²) in [4.78, 5) is 18.0. The van der Waals surface area contributed by atoms with Crippen LogP contribution < -0.4 is 9.62 Å². The van der Waals surface area contributed by atoms with E-state index in [1.165, 1.54) is 4.90 Å². The fourth-order valence-corrected chi connectivity index (χ4v) is 3.62. The number of thiazole rings is 1. The summed E-state index contributed by atoms with van der Waals surface area (Å²) in [6.07, 6.45) is -4.54. The van der Waals surface area contributed by atoms with Gasteiger partial charge in [-0.1, -0.05) is 30.3 Å². The van der Waals surface area contributed by atoms with E-state index in [4.69, 9.17) is 0 Å². The van der Waals surface area contributed by atoms with Gasteiger partial charge in [-0.15, -0.1) is 11.3 Å². The number of rotatable bonds is 7. The van der Waals surface area contributed by atoms with Crippen LogP contribution in [0.15, 0.2) is 30.3 Å². The number of benzene rings is 1. The number of alkyl halides is 3. The number of sulfonamides is 1. The second-order valence-corrected chi connectivity index (χ2v) is 8.81. The Morgan fingerprint density at radius 2 is 1.89 bits per heavy atom. The van der Waals surface area contributed by atoms with Crippen LogP contribution in [-0.4, -0.2) is 38.3 Å². The molecular formula is C16H18F3N3O3S2. The van der Waals surface area contributed by atoms with E-state index in [0.717, 1.165) is 23.2 Å². The zero-order valence-electron chi connectivity index (χ0n) is 14.6. The number of carbonyl (C=O) groups is 1. The van der Waals surface area contributed by atoms with Crippen molar-refractivity contribution >= 4 is 32.4 Å². The first-order valence-corrected chi connectivity index (χ1v) is 10.5. The standard InChI is InChI=1S/C16H18F3N3O3S2/c1-11-13(14(23)21-27(2,24)25)20-15(26-11)22(9-8-16(17,18)19)10-12-6-4-3-5-7-12/h3-7H,8-10H2,1-2H3,(H,21,23). The second-order valence-electron chi connectivity index (χ2n) is 5.88. The maximum atomic E-state index is 12.7. The van der Waals surface area contributed by atoms with Gasteiger partial charge < -0.3 is 4.90 Å². The van der Waals surface area contributed by atoms with Gasteiger partial charge in [-0.3, -0.25) is 4.79 Å². The van der Waals surface area contributed by atoms with E-state index in [2.05, 4.69) is 4.98 Å². The van der Waals surface area contributed by atoms with Gasteiger partial charge in [0.05, 0.1) is 12.7 Å². The van der Waals surface area contributed by atoms with Gasteiger partial charge in [-0.05, 0) is 12.5 Å². The van der Waals surface area contributed by atoms with Crippen molar-refractivity contribution in [3.63, 3.8) is 0 Å². The van der Waals surface area contributed by atoms with Gasteiger partial charge in [0.2, 0.25) is 10.0 Å². The highest BCUT2D eigenvalue weighted by atomic mass is 32.2. The molecule has 0 atom stereocenters. The number of aromatic nitrogens is 1. The summed E-state index contributed by atoms with van der Waals surface area (Å²) in [5, 5.41) is 0.222. The minimum absolute atomic E-state index is 0.120. The molecule has 1 aromatic carbocycles. The summed E-state index contributed by atoms with van der Waals surface area (Å²) in [6, 6.07) is 8.89. The Balaban J connectivity index is 2.29. The van der Waals surface area contributed by atoms with Crippen LogP contribution in [0.1, 0.15) is 27.3 Å². The molecule has 0 unspecified atom stereocenters. The topological polar surface area (TPSA) is 79.4 Å². The summed E-state index contributed by atoms with van der Waals surface area (Å²) >= 11 is 1.04. The van der Waals surface area contributed by atoms with Gasteiger partial charge in [-0.25, -0.2) is 18.1 Å². The molecule has 0 saturated carbocycles. The summed E-state index contributed by atoms with van der Waals surface area (Å²) in [5.41, 5.74) is 0.667. The molecule has 0 radical (unpaired) electrons. The predicted octanol–water partition coefficient (Wildman–Crippen LogP) is 3.10. The van der Waals surface area contributed by atoms with Crippen LogP contribution in [0.4, 0.5) is 18.3 Å². The van der Waals surface area contributed by atoms with E-state index in [0.29, 0.717) is 4.88 Å². The summed E-state index contributed by atoms with van der Waals surface area (Å²) in [6.45, 7) is 1.40. The number of hydrogen-bond donors (Lipinski definition) is 1. The molecule has 0 aliphatic heterocycles. The molecule has 11 heteroatoms. The lowest BCUT2D eigenvalue weighted by atomic mass is 10.2. The van der Waals surface area contributed by atoms with Crippen molar-refractivity contribution in [3.05, 3.63) is 46.5 Å². The highest BCUT2D eigenvalue weighted by Crippen LogP contribution is 2.29. The molecule has 2 aromatic rings. The first-order valence-electron chi connectivity index (χ1n) is 7.80. The highest BCUT2D eigenvalue weighted by molar-refractivity contribution is 7.89. The number of nitrogens with one attached hydrogen (secondary N) is 1. The van der Waals surface area contributed by atoms with Gasteiger partial charge in [-0.2, -0.15) is 13.2 Å². The van der Waals surface area contributed by atoms with E-state index in [1.807, 2.05) is 4.72 Å².